The fraction of sp³-hybridized carbons (Fsp3) is 0.455. The summed E-state index contributed by atoms with van der Waals surface area (Å²) in [4.78, 5) is 17.3. The van der Waals surface area contributed by atoms with Crippen molar-refractivity contribution in [3.05, 3.63) is 29.6 Å². The molecule has 1 aromatic heterocycles. The van der Waals surface area contributed by atoms with Crippen LogP contribution in [0.3, 0.4) is 0 Å². The second-order valence-corrected chi connectivity index (χ2v) is 5.36. The number of hydrogen-bond donors (Lipinski definition) is 0. The molecule has 0 saturated carbocycles. The third kappa shape index (κ3) is 2.82. The lowest BCUT2D eigenvalue weighted by atomic mass is 10.2. The molecule has 0 aliphatic carbocycles. The average molecular weight is 323 g/mol. The topological polar surface area (TPSA) is 33.2 Å². The normalized spacial score (nSPS) is 20.2. The Hall–Kier alpha value is -1.11. The van der Waals surface area contributed by atoms with Gasteiger partial charge in [-0.05, 0) is 18.6 Å². The monoisotopic (exact) mass is 322 g/mol. The Kier molecular flexibility index (Phi) is 3.61. The zero-order chi connectivity index (χ0) is 13.3. The molecule has 1 aromatic rings. The molecule has 0 spiro atoms. The van der Waals surface area contributed by atoms with E-state index in [-0.39, 0.29) is 16.4 Å². The van der Waals surface area contributed by atoms with E-state index in [0.717, 1.165) is 18.6 Å². The molecule has 1 atom stereocenters. The first-order valence-corrected chi connectivity index (χ1v) is 6.26. The van der Waals surface area contributed by atoms with Gasteiger partial charge in [0.05, 0.1) is 5.56 Å². The predicted octanol–water partition coefficient (Wildman–Crippen LogP) is 2.71. The molecular formula is C11H10BrF3N2O. The molecule has 1 saturated heterocycles. The Labute approximate surface area is 110 Å². The Balaban J connectivity index is 2.12. The molecule has 1 fully saturated rings. The zero-order valence-corrected chi connectivity index (χ0v) is 10.8. The molecule has 3 nitrogen and oxygen atoms in total. The van der Waals surface area contributed by atoms with Crippen molar-refractivity contribution in [1.82, 2.24) is 9.88 Å². The Bertz CT molecular complexity index is 447. The summed E-state index contributed by atoms with van der Waals surface area (Å²) < 4.78 is 37.0. The van der Waals surface area contributed by atoms with E-state index in [4.69, 9.17) is 0 Å². The summed E-state index contributed by atoms with van der Waals surface area (Å²) in [5.74, 6) is -0.328. The van der Waals surface area contributed by atoms with Crippen molar-refractivity contribution in [2.24, 2.45) is 0 Å². The second kappa shape index (κ2) is 4.87. The van der Waals surface area contributed by atoms with Crippen LogP contribution in [0.2, 0.25) is 0 Å². The van der Waals surface area contributed by atoms with Gasteiger partial charge in [0.25, 0.3) is 5.91 Å². The van der Waals surface area contributed by atoms with Gasteiger partial charge in [-0.25, -0.2) is 0 Å². The summed E-state index contributed by atoms with van der Waals surface area (Å²) in [5.41, 5.74) is -0.802. The van der Waals surface area contributed by atoms with Crippen molar-refractivity contribution in [2.75, 3.05) is 13.1 Å². The third-order valence-corrected chi connectivity index (χ3v) is 3.48. The van der Waals surface area contributed by atoms with Gasteiger partial charge < -0.3 is 4.90 Å². The summed E-state index contributed by atoms with van der Waals surface area (Å²) >= 11 is 3.39. The quantitative estimate of drug-likeness (QED) is 0.745. The summed E-state index contributed by atoms with van der Waals surface area (Å²) in [6, 6.07) is 1.99. The van der Waals surface area contributed by atoms with E-state index in [1.807, 2.05) is 0 Å². The predicted molar refractivity (Wildman–Crippen MR) is 62.5 cm³/mol. The first kappa shape index (κ1) is 13.3. The fourth-order valence-electron chi connectivity index (χ4n) is 1.75. The lowest BCUT2D eigenvalue weighted by Gasteiger charge is -2.15. The lowest BCUT2D eigenvalue weighted by molar-refractivity contribution is -0.137. The molecule has 2 heterocycles. The molecule has 98 valence electrons. The maximum absolute atomic E-state index is 12.3. The third-order valence-electron chi connectivity index (χ3n) is 2.73. The maximum Gasteiger partial charge on any atom is 0.417 e. The van der Waals surface area contributed by atoms with Crippen LogP contribution in [0.25, 0.3) is 0 Å². The van der Waals surface area contributed by atoms with Gasteiger partial charge in [0, 0.05) is 24.1 Å². The molecule has 18 heavy (non-hydrogen) atoms. The maximum atomic E-state index is 12.3. The van der Waals surface area contributed by atoms with Crippen LogP contribution in [-0.2, 0) is 6.18 Å². The van der Waals surface area contributed by atoms with Gasteiger partial charge in [-0.3, -0.25) is 9.78 Å². The van der Waals surface area contributed by atoms with E-state index in [1.54, 1.807) is 4.90 Å². The number of nitrogens with zero attached hydrogens (tertiary/aromatic N) is 2. The van der Waals surface area contributed by atoms with Crippen molar-refractivity contribution < 1.29 is 18.0 Å². The molecule has 1 aliphatic heterocycles. The number of hydrogen-bond acceptors (Lipinski definition) is 2. The Morgan fingerprint density at radius 2 is 2.17 bits per heavy atom. The first-order valence-electron chi connectivity index (χ1n) is 5.34. The van der Waals surface area contributed by atoms with Gasteiger partial charge in [-0.1, -0.05) is 15.9 Å². The Morgan fingerprint density at radius 3 is 2.61 bits per heavy atom. The standard InChI is InChI=1S/C11H10BrF3N2O/c12-8-3-4-17(6-8)10(18)9-2-1-7(5-16-9)11(13,14)15/h1-2,5,8H,3-4,6H2. The number of likely N-dealkylation sites (tertiary alicyclic amines) is 1. The number of aromatic nitrogens is 1. The van der Waals surface area contributed by atoms with E-state index < -0.39 is 11.7 Å². The SMILES string of the molecule is O=C(c1ccc(C(F)(F)F)cn1)N1CCC(Br)C1. The van der Waals surface area contributed by atoms with Crippen LogP contribution in [-0.4, -0.2) is 33.7 Å². The number of alkyl halides is 4. The highest BCUT2D eigenvalue weighted by atomic mass is 79.9. The first-order chi connectivity index (χ1) is 8.38. The van der Waals surface area contributed by atoms with Gasteiger partial charge in [-0.15, -0.1) is 0 Å². The highest BCUT2D eigenvalue weighted by Crippen LogP contribution is 2.28. The van der Waals surface area contributed by atoms with Crippen LogP contribution in [0, 0.1) is 0 Å². The molecule has 1 aliphatic rings. The number of carbonyl (C=O) groups is 1. The summed E-state index contributed by atoms with van der Waals surface area (Å²) in [7, 11) is 0. The molecule has 1 amide bonds. The van der Waals surface area contributed by atoms with E-state index in [2.05, 4.69) is 20.9 Å². The molecule has 7 heteroatoms. The molecule has 0 aromatic carbocycles. The summed E-state index contributed by atoms with van der Waals surface area (Å²) in [5, 5.41) is 0. The highest BCUT2D eigenvalue weighted by Gasteiger charge is 2.31. The van der Waals surface area contributed by atoms with Crippen molar-refractivity contribution >= 4 is 21.8 Å². The van der Waals surface area contributed by atoms with E-state index in [1.165, 1.54) is 0 Å². The van der Waals surface area contributed by atoms with Gasteiger partial charge in [0.2, 0.25) is 0 Å². The van der Waals surface area contributed by atoms with Gasteiger partial charge in [-0.2, -0.15) is 13.2 Å². The minimum Gasteiger partial charge on any atom is -0.336 e. The summed E-state index contributed by atoms with van der Waals surface area (Å²) in [6.45, 7) is 1.15. The van der Waals surface area contributed by atoms with E-state index in [0.29, 0.717) is 19.3 Å². The van der Waals surface area contributed by atoms with Crippen molar-refractivity contribution in [2.45, 2.75) is 17.4 Å². The molecular weight excluding hydrogens is 313 g/mol. The zero-order valence-electron chi connectivity index (χ0n) is 9.25. The fourth-order valence-corrected chi connectivity index (χ4v) is 2.31. The van der Waals surface area contributed by atoms with Crippen LogP contribution < -0.4 is 0 Å². The number of carbonyl (C=O) groups excluding carboxylic acids is 1. The molecule has 1 unspecified atom stereocenters. The largest absolute Gasteiger partial charge is 0.417 e. The molecule has 0 bridgehead atoms. The van der Waals surface area contributed by atoms with Crippen LogP contribution in [0.4, 0.5) is 13.2 Å². The van der Waals surface area contributed by atoms with E-state index >= 15 is 0 Å². The lowest BCUT2D eigenvalue weighted by Crippen LogP contribution is -2.29. The van der Waals surface area contributed by atoms with Crippen LogP contribution in [0.5, 0.6) is 0 Å². The van der Waals surface area contributed by atoms with Gasteiger partial charge in [0.15, 0.2) is 0 Å². The smallest absolute Gasteiger partial charge is 0.336 e. The van der Waals surface area contributed by atoms with Crippen molar-refractivity contribution in [1.29, 1.82) is 0 Å². The molecule has 0 N–H and O–H groups in total. The molecule has 0 radical (unpaired) electrons. The second-order valence-electron chi connectivity index (χ2n) is 4.07. The molecule has 2 rings (SSSR count). The van der Waals surface area contributed by atoms with Crippen LogP contribution in [0.15, 0.2) is 18.3 Å². The number of rotatable bonds is 1. The highest BCUT2D eigenvalue weighted by molar-refractivity contribution is 9.09. The number of amides is 1. The number of halogens is 4. The van der Waals surface area contributed by atoms with Gasteiger partial charge >= 0.3 is 6.18 Å². The van der Waals surface area contributed by atoms with Crippen LogP contribution >= 0.6 is 15.9 Å². The van der Waals surface area contributed by atoms with Crippen molar-refractivity contribution in [3.63, 3.8) is 0 Å². The summed E-state index contributed by atoms with van der Waals surface area (Å²) in [6.07, 6.45) is -2.90. The minimum absolute atomic E-state index is 0.0459. The van der Waals surface area contributed by atoms with Crippen molar-refractivity contribution in [3.8, 4) is 0 Å². The van der Waals surface area contributed by atoms with E-state index in [9.17, 15) is 18.0 Å². The number of pyridine rings is 1. The van der Waals surface area contributed by atoms with Gasteiger partial charge in [0.1, 0.15) is 5.69 Å². The Morgan fingerprint density at radius 1 is 1.44 bits per heavy atom. The van der Waals surface area contributed by atoms with Crippen LogP contribution in [0.1, 0.15) is 22.5 Å². The minimum atomic E-state index is -4.43. The average Bonchev–Trinajstić information content (AvgIpc) is 2.74.